The monoisotopic (exact) mass is 432 g/mol. The molecule has 7 heteroatoms. The first-order valence-corrected chi connectivity index (χ1v) is 11.2. The highest BCUT2D eigenvalue weighted by Crippen LogP contribution is 2.19. The maximum absolute atomic E-state index is 11.8. The van der Waals surface area contributed by atoms with Crippen LogP contribution in [0, 0.1) is 11.8 Å². The van der Waals surface area contributed by atoms with Gasteiger partial charge in [0.25, 0.3) is 0 Å². The maximum atomic E-state index is 11.8. The van der Waals surface area contributed by atoms with Crippen LogP contribution in [0.1, 0.15) is 79.1 Å². The summed E-state index contributed by atoms with van der Waals surface area (Å²) in [4.78, 5) is 11.8. The van der Waals surface area contributed by atoms with E-state index in [4.69, 9.17) is 9.84 Å². The van der Waals surface area contributed by atoms with Crippen LogP contribution in [0.4, 0.5) is 0 Å². The number of aliphatic hydroxyl groups is 5. The van der Waals surface area contributed by atoms with Crippen LogP contribution in [-0.4, -0.2) is 69.1 Å². The Morgan fingerprint density at radius 1 is 0.900 bits per heavy atom. The zero-order valence-corrected chi connectivity index (χ0v) is 19.2. The minimum atomic E-state index is -1.73. The van der Waals surface area contributed by atoms with E-state index in [2.05, 4.69) is 27.7 Å². The molecule has 0 saturated heterocycles. The number of rotatable bonds is 17. The molecule has 5 atom stereocenters. The summed E-state index contributed by atoms with van der Waals surface area (Å²) in [6.07, 6.45) is 3.37. The molecular formula is C23H44O7. The van der Waals surface area contributed by atoms with Crippen LogP contribution < -0.4 is 0 Å². The largest absolute Gasteiger partial charge is 0.463 e. The van der Waals surface area contributed by atoms with E-state index in [0.29, 0.717) is 6.42 Å². The third-order valence-corrected chi connectivity index (χ3v) is 5.33. The molecule has 0 aromatic heterocycles. The van der Waals surface area contributed by atoms with Crippen LogP contribution in [0.25, 0.3) is 0 Å². The molecule has 30 heavy (non-hydrogen) atoms. The highest BCUT2D eigenvalue weighted by molar-refractivity contribution is 5.69. The highest BCUT2D eigenvalue weighted by Gasteiger charge is 2.30. The van der Waals surface area contributed by atoms with Gasteiger partial charge in [-0.05, 0) is 38.0 Å². The Morgan fingerprint density at radius 2 is 1.50 bits per heavy atom. The van der Waals surface area contributed by atoms with Gasteiger partial charge in [0, 0.05) is 6.42 Å². The normalized spacial score (nSPS) is 17.5. The molecule has 1 unspecified atom stereocenters. The van der Waals surface area contributed by atoms with Crippen molar-refractivity contribution in [2.45, 2.75) is 103 Å². The Bertz CT molecular complexity index is 478. The van der Waals surface area contributed by atoms with E-state index in [9.17, 15) is 25.2 Å². The molecule has 0 aliphatic carbocycles. The van der Waals surface area contributed by atoms with Crippen molar-refractivity contribution in [3.63, 3.8) is 0 Å². The van der Waals surface area contributed by atoms with Gasteiger partial charge >= 0.3 is 5.97 Å². The molecule has 0 fully saturated rings. The number of esters is 1. The van der Waals surface area contributed by atoms with Gasteiger partial charge in [0.15, 0.2) is 0 Å². The van der Waals surface area contributed by atoms with Crippen LogP contribution in [0.15, 0.2) is 11.6 Å². The van der Waals surface area contributed by atoms with E-state index < -0.39 is 43.6 Å². The number of ether oxygens (including phenoxy) is 1. The standard InChI is InChI=1S/C23H44O7/c1-16(2)8-5-9-17(3)10-6-11-18(4)12-7-13-21(27)30-15-20(26)23(29)22(28)19(25)14-24/h12,16-17,19-20,22-26,28-29H,5-11,13-15H2,1-4H3/t17?,19-,20+,22-,23-/m1/s1. The lowest BCUT2D eigenvalue weighted by Crippen LogP contribution is -2.47. The van der Waals surface area contributed by atoms with Gasteiger partial charge in [-0.1, -0.05) is 58.1 Å². The molecule has 0 amide bonds. The van der Waals surface area contributed by atoms with Crippen molar-refractivity contribution in [1.29, 1.82) is 0 Å². The van der Waals surface area contributed by atoms with Crippen molar-refractivity contribution in [2.75, 3.05) is 13.2 Å². The Labute approximate surface area is 181 Å². The maximum Gasteiger partial charge on any atom is 0.306 e. The molecule has 0 aromatic carbocycles. The smallest absolute Gasteiger partial charge is 0.306 e. The average molecular weight is 433 g/mol. The van der Waals surface area contributed by atoms with Crippen LogP contribution in [0.2, 0.25) is 0 Å². The number of hydrogen-bond donors (Lipinski definition) is 5. The number of allylic oxidation sites excluding steroid dienone is 2. The molecule has 0 rings (SSSR count). The topological polar surface area (TPSA) is 127 Å². The summed E-state index contributed by atoms with van der Waals surface area (Å²) in [5.74, 6) is 1.000. The highest BCUT2D eigenvalue weighted by atomic mass is 16.5. The summed E-state index contributed by atoms with van der Waals surface area (Å²) in [6.45, 7) is 7.64. The van der Waals surface area contributed by atoms with E-state index in [-0.39, 0.29) is 6.42 Å². The van der Waals surface area contributed by atoms with Gasteiger partial charge in [-0.15, -0.1) is 0 Å². The van der Waals surface area contributed by atoms with Crippen LogP contribution in [-0.2, 0) is 9.53 Å². The second-order valence-corrected chi connectivity index (χ2v) is 8.89. The van der Waals surface area contributed by atoms with Gasteiger partial charge in [0.2, 0.25) is 0 Å². The van der Waals surface area contributed by atoms with E-state index in [1.807, 2.05) is 6.08 Å². The fourth-order valence-corrected chi connectivity index (χ4v) is 3.20. The van der Waals surface area contributed by atoms with Gasteiger partial charge in [0.1, 0.15) is 31.0 Å². The summed E-state index contributed by atoms with van der Waals surface area (Å²) in [7, 11) is 0. The molecule has 0 saturated carbocycles. The van der Waals surface area contributed by atoms with Crippen molar-refractivity contribution in [3.8, 4) is 0 Å². The second-order valence-electron chi connectivity index (χ2n) is 8.89. The van der Waals surface area contributed by atoms with Crippen molar-refractivity contribution >= 4 is 5.97 Å². The summed E-state index contributed by atoms with van der Waals surface area (Å²) < 4.78 is 4.90. The van der Waals surface area contributed by atoms with Gasteiger partial charge in [-0.25, -0.2) is 0 Å². The predicted octanol–water partition coefficient (Wildman–Crippen LogP) is 2.32. The lowest BCUT2D eigenvalue weighted by Gasteiger charge is -2.25. The number of hydrogen-bond acceptors (Lipinski definition) is 7. The molecule has 0 heterocycles. The summed E-state index contributed by atoms with van der Waals surface area (Å²) in [5.41, 5.74) is 1.24. The first-order valence-electron chi connectivity index (χ1n) is 11.2. The van der Waals surface area contributed by atoms with Crippen molar-refractivity contribution in [2.24, 2.45) is 11.8 Å². The van der Waals surface area contributed by atoms with Crippen molar-refractivity contribution in [1.82, 2.24) is 0 Å². The molecular weight excluding hydrogens is 388 g/mol. The Hall–Kier alpha value is -0.990. The van der Waals surface area contributed by atoms with Gasteiger partial charge < -0.3 is 30.3 Å². The van der Waals surface area contributed by atoms with Crippen molar-refractivity contribution < 1.29 is 35.1 Å². The molecule has 178 valence electrons. The van der Waals surface area contributed by atoms with E-state index in [1.54, 1.807) is 0 Å². The third-order valence-electron chi connectivity index (χ3n) is 5.33. The Kier molecular flexibility index (Phi) is 16.1. The number of aliphatic hydroxyl groups excluding tert-OH is 5. The van der Waals surface area contributed by atoms with Crippen LogP contribution in [0.3, 0.4) is 0 Å². The lowest BCUT2D eigenvalue weighted by molar-refractivity contribution is -0.156. The fourth-order valence-electron chi connectivity index (χ4n) is 3.20. The average Bonchev–Trinajstić information content (AvgIpc) is 2.69. The fraction of sp³-hybridized carbons (Fsp3) is 0.870. The van der Waals surface area contributed by atoms with Gasteiger partial charge in [0.05, 0.1) is 6.61 Å². The predicted molar refractivity (Wildman–Crippen MR) is 117 cm³/mol. The van der Waals surface area contributed by atoms with E-state index in [1.165, 1.54) is 31.3 Å². The molecule has 0 radical (unpaired) electrons. The molecule has 0 spiro atoms. The Morgan fingerprint density at radius 3 is 2.10 bits per heavy atom. The lowest BCUT2D eigenvalue weighted by atomic mass is 9.94. The Balaban J connectivity index is 3.98. The molecule has 0 bridgehead atoms. The second kappa shape index (κ2) is 16.7. The molecule has 7 nitrogen and oxygen atoms in total. The number of carbonyl (C=O) groups excluding carboxylic acids is 1. The van der Waals surface area contributed by atoms with E-state index >= 15 is 0 Å². The zero-order valence-electron chi connectivity index (χ0n) is 19.2. The summed E-state index contributed by atoms with van der Waals surface area (Å²) >= 11 is 0. The first-order chi connectivity index (χ1) is 14.1. The molecule has 0 aromatic rings. The van der Waals surface area contributed by atoms with Crippen LogP contribution >= 0.6 is 0 Å². The van der Waals surface area contributed by atoms with E-state index in [0.717, 1.165) is 24.7 Å². The van der Waals surface area contributed by atoms with Gasteiger partial charge in [-0.2, -0.15) is 0 Å². The third kappa shape index (κ3) is 14.1. The minimum absolute atomic E-state index is 0.160. The summed E-state index contributed by atoms with van der Waals surface area (Å²) in [5, 5.41) is 46.9. The van der Waals surface area contributed by atoms with Crippen molar-refractivity contribution in [3.05, 3.63) is 11.6 Å². The number of carbonyl (C=O) groups is 1. The van der Waals surface area contributed by atoms with Crippen LogP contribution in [0.5, 0.6) is 0 Å². The molecule has 5 N–H and O–H groups in total. The SMILES string of the molecule is CC(=CCCC(=O)OC[C@H](O)[C@@H](O)[C@H](O)[C@H](O)CO)CCCC(C)CCCC(C)C. The molecule has 0 aliphatic heterocycles. The van der Waals surface area contributed by atoms with Gasteiger partial charge in [-0.3, -0.25) is 4.79 Å². The summed E-state index contributed by atoms with van der Waals surface area (Å²) in [6, 6.07) is 0. The molecule has 0 aliphatic rings. The zero-order chi connectivity index (χ0) is 23.1. The quantitative estimate of drug-likeness (QED) is 0.176. The first kappa shape index (κ1) is 29.0. The minimum Gasteiger partial charge on any atom is -0.463 e.